The van der Waals surface area contributed by atoms with E-state index in [0.29, 0.717) is 22.7 Å². The number of hydrogen-bond donors (Lipinski definition) is 3. The molecule has 1 heterocycles. The molecule has 1 aromatic carbocycles. The van der Waals surface area contributed by atoms with Gasteiger partial charge in [-0.15, -0.1) is 12.4 Å². The molecule has 1 unspecified atom stereocenters. The maximum absolute atomic E-state index is 12.1. The number of halogens is 1. The van der Waals surface area contributed by atoms with Crippen molar-refractivity contribution in [2.75, 3.05) is 17.7 Å². The Hall–Kier alpha value is -2.35. The molecule has 0 radical (unpaired) electrons. The smallest absolute Gasteiger partial charge is 0.258 e. The van der Waals surface area contributed by atoms with Gasteiger partial charge in [-0.1, -0.05) is 6.07 Å². The minimum Gasteiger partial charge on any atom is -0.467 e. The van der Waals surface area contributed by atoms with Crippen molar-refractivity contribution >= 4 is 35.6 Å². The Bertz CT molecular complexity index is 702. The number of hydrogen-bond acceptors (Lipinski definition) is 5. The van der Waals surface area contributed by atoms with Gasteiger partial charge in [0.2, 0.25) is 0 Å². The molecule has 24 heavy (non-hydrogen) atoms. The first kappa shape index (κ1) is 19.7. The summed E-state index contributed by atoms with van der Waals surface area (Å²) in [5.74, 6) is -0.0506. The van der Waals surface area contributed by atoms with Gasteiger partial charge in [0, 0.05) is 18.5 Å². The van der Waals surface area contributed by atoms with Gasteiger partial charge in [0.15, 0.2) is 0 Å². The number of amides is 2. The fourth-order valence-electron chi connectivity index (χ4n) is 1.84. The van der Waals surface area contributed by atoms with Crippen molar-refractivity contribution in [1.82, 2.24) is 0 Å². The molecule has 4 N–H and O–H groups in total. The summed E-state index contributed by atoms with van der Waals surface area (Å²) in [5.41, 5.74) is 6.94. The molecule has 7 nitrogen and oxygen atoms in total. The van der Waals surface area contributed by atoms with E-state index in [9.17, 15) is 9.59 Å². The first-order chi connectivity index (χ1) is 11.0. The lowest BCUT2D eigenvalue weighted by Gasteiger charge is -2.11. The Morgan fingerprint density at radius 1 is 1.25 bits per heavy atom. The molecule has 0 bridgehead atoms. The van der Waals surface area contributed by atoms with Crippen LogP contribution in [0.15, 0.2) is 41.0 Å². The molecule has 0 aliphatic carbocycles. The van der Waals surface area contributed by atoms with Crippen molar-refractivity contribution in [3.05, 3.63) is 47.9 Å². The van der Waals surface area contributed by atoms with Gasteiger partial charge in [0.25, 0.3) is 11.8 Å². The van der Waals surface area contributed by atoms with E-state index in [1.807, 2.05) is 0 Å². The summed E-state index contributed by atoms with van der Waals surface area (Å²) in [6.45, 7) is 1.88. The van der Waals surface area contributed by atoms with Crippen LogP contribution in [0.1, 0.15) is 23.0 Å². The Balaban J connectivity index is 0.00000288. The lowest BCUT2D eigenvalue weighted by atomic mass is 10.2. The zero-order valence-electron chi connectivity index (χ0n) is 13.4. The van der Waals surface area contributed by atoms with Gasteiger partial charge in [-0.3, -0.25) is 9.59 Å². The van der Waals surface area contributed by atoms with E-state index in [4.69, 9.17) is 14.9 Å². The molecule has 1 atom stereocenters. The van der Waals surface area contributed by atoms with E-state index in [2.05, 4.69) is 10.6 Å². The highest BCUT2D eigenvalue weighted by atomic mass is 35.5. The van der Waals surface area contributed by atoms with Crippen molar-refractivity contribution in [2.24, 2.45) is 5.73 Å². The van der Waals surface area contributed by atoms with Crippen LogP contribution in [-0.4, -0.2) is 25.0 Å². The average molecular weight is 354 g/mol. The molecule has 1 aromatic heterocycles. The first-order valence-electron chi connectivity index (χ1n) is 7.06. The van der Waals surface area contributed by atoms with Crippen LogP contribution in [0.3, 0.4) is 0 Å². The van der Waals surface area contributed by atoms with E-state index in [-0.39, 0.29) is 30.8 Å². The summed E-state index contributed by atoms with van der Waals surface area (Å²) in [4.78, 5) is 23.9. The summed E-state index contributed by atoms with van der Waals surface area (Å²) in [6.07, 6.45) is 0.789. The fourth-order valence-corrected chi connectivity index (χ4v) is 1.84. The molecule has 8 heteroatoms. The van der Waals surface area contributed by atoms with Crippen LogP contribution in [0.2, 0.25) is 0 Å². The Morgan fingerprint density at radius 3 is 2.50 bits per heavy atom. The minimum absolute atomic E-state index is 0. The quantitative estimate of drug-likeness (QED) is 0.739. The lowest BCUT2D eigenvalue weighted by molar-refractivity contribution is -0.124. The topological polar surface area (TPSA) is 107 Å². The molecule has 2 aromatic rings. The number of nitrogens with one attached hydrogen (secondary N) is 2. The highest BCUT2D eigenvalue weighted by Gasteiger charge is 2.13. The number of rotatable bonds is 6. The van der Waals surface area contributed by atoms with Crippen LogP contribution in [0, 0.1) is 0 Å². The van der Waals surface area contributed by atoms with Crippen LogP contribution >= 0.6 is 12.4 Å². The monoisotopic (exact) mass is 353 g/mol. The second-order valence-electron chi connectivity index (χ2n) is 4.91. The molecule has 0 fully saturated rings. The molecule has 0 saturated carbocycles. The zero-order chi connectivity index (χ0) is 16.8. The van der Waals surface area contributed by atoms with E-state index in [1.54, 1.807) is 37.3 Å². The van der Waals surface area contributed by atoms with E-state index in [0.717, 1.165) is 0 Å². The van der Waals surface area contributed by atoms with Crippen molar-refractivity contribution in [2.45, 2.75) is 19.6 Å². The van der Waals surface area contributed by atoms with E-state index < -0.39 is 6.10 Å². The van der Waals surface area contributed by atoms with Crippen molar-refractivity contribution < 1.29 is 18.7 Å². The summed E-state index contributed by atoms with van der Waals surface area (Å²) >= 11 is 0. The molecular weight excluding hydrogens is 334 g/mol. The highest BCUT2D eigenvalue weighted by molar-refractivity contribution is 6.04. The molecule has 0 aliphatic rings. The van der Waals surface area contributed by atoms with Crippen LogP contribution in [0.25, 0.3) is 0 Å². The van der Waals surface area contributed by atoms with Crippen molar-refractivity contribution in [3.63, 3.8) is 0 Å². The van der Waals surface area contributed by atoms with Crippen LogP contribution in [0.4, 0.5) is 11.4 Å². The number of anilines is 2. The third-order valence-electron chi connectivity index (χ3n) is 3.23. The summed E-state index contributed by atoms with van der Waals surface area (Å²) in [7, 11) is 1.46. The predicted octanol–water partition coefficient (Wildman–Crippen LogP) is 2.39. The standard InChI is InChI=1S/C16H19N3O4.ClH/c1-10(22-2)15(20)18-12-4-3-5-13(7-12)19-16(21)11-6-14(8-17)23-9-11;/h3-7,9-10H,8,17H2,1-2H3,(H,18,20)(H,19,21);1H. The Kier molecular flexibility index (Phi) is 7.44. The molecular formula is C16H20ClN3O4. The maximum Gasteiger partial charge on any atom is 0.258 e. The third kappa shape index (κ3) is 5.09. The maximum atomic E-state index is 12.1. The van der Waals surface area contributed by atoms with Crippen LogP contribution in [0.5, 0.6) is 0 Å². The number of nitrogens with two attached hydrogens (primary N) is 1. The number of benzene rings is 1. The van der Waals surface area contributed by atoms with Crippen LogP contribution < -0.4 is 16.4 Å². The third-order valence-corrected chi connectivity index (χ3v) is 3.23. The van der Waals surface area contributed by atoms with Crippen molar-refractivity contribution in [3.8, 4) is 0 Å². The number of furan rings is 1. The number of methoxy groups -OCH3 is 1. The first-order valence-corrected chi connectivity index (χ1v) is 7.06. The molecule has 130 valence electrons. The van der Waals surface area contributed by atoms with Gasteiger partial charge in [-0.2, -0.15) is 0 Å². The second-order valence-corrected chi connectivity index (χ2v) is 4.91. The lowest BCUT2D eigenvalue weighted by Crippen LogP contribution is -2.26. The second kappa shape index (κ2) is 9.07. The number of carbonyl (C=O) groups is 2. The van der Waals surface area contributed by atoms with Gasteiger partial charge < -0.3 is 25.5 Å². The predicted molar refractivity (Wildman–Crippen MR) is 93.3 cm³/mol. The Labute approximate surface area is 146 Å². The largest absolute Gasteiger partial charge is 0.467 e. The molecule has 0 spiro atoms. The zero-order valence-corrected chi connectivity index (χ0v) is 14.2. The van der Waals surface area contributed by atoms with Gasteiger partial charge >= 0.3 is 0 Å². The van der Waals surface area contributed by atoms with Crippen LogP contribution in [-0.2, 0) is 16.1 Å². The van der Waals surface area contributed by atoms with Gasteiger partial charge in [-0.25, -0.2) is 0 Å². The van der Waals surface area contributed by atoms with Gasteiger partial charge in [0.05, 0.1) is 12.1 Å². The summed E-state index contributed by atoms with van der Waals surface area (Å²) < 4.78 is 10.1. The summed E-state index contributed by atoms with van der Waals surface area (Å²) in [6, 6.07) is 8.41. The van der Waals surface area contributed by atoms with E-state index >= 15 is 0 Å². The molecule has 0 saturated heterocycles. The highest BCUT2D eigenvalue weighted by Crippen LogP contribution is 2.17. The van der Waals surface area contributed by atoms with Crippen molar-refractivity contribution in [1.29, 1.82) is 0 Å². The molecule has 0 aliphatic heterocycles. The van der Waals surface area contributed by atoms with Gasteiger partial charge in [-0.05, 0) is 31.2 Å². The van der Waals surface area contributed by atoms with E-state index in [1.165, 1.54) is 13.4 Å². The fraction of sp³-hybridized carbons (Fsp3) is 0.250. The normalized spacial score (nSPS) is 11.3. The number of carbonyl (C=O) groups excluding carboxylic acids is 2. The van der Waals surface area contributed by atoms with Gasteiger partial charge in [0.1, 0.15) is 18.1 Å². The number of ether oxygens (including phenoxy) is 1. The Morgan fingerprint density at radius 2 is 1.92 bits per heavy atom. The summed E-state index contributed by atoms with van der Waals surface area (Å²) in [5, 5.41) is 5.44. The average Bonchev–Trinajstić information content (AvgIpc) is 3.03. The SMILES string of the molecule is COC(C)C(=O)Nc1cccc(NC(=O)c2coc(CN)c2)c1.Cl. The minimum atomic E-state index is -0.561. The molecule has 2 rings (SSSR count). The molecule has 2 amide bonds.